The topological polar surface area (TPSA) is 43.4 Å². The summed E-state index contributed by atoms with van der Waals surface area (Å²) in [6.07, 6.45) is 4.27. The van der Waals surface area contributed by atoms with Gasteiger partial charge in [0.05, 0.1) is 5.92 Å². The van der Waals surface area contributed by atoms with Gasteiger partial charge in [0.25, 0.3) is 0 Å². The van der Waals surface area contributed by atoms with Gasteiger partial charge in [-0.15, -0.1) is 0 Å². The summed E-state index contributed by atoms with van der Waals surface area (Å²) in [6, 6.07) is 0. The van der Waals surface area contributed by atoms with Gasteiger partial charge in [-0.1, -0.05) is 26.3 Å². The third-order valence-corrected chi connectivity index (χ3v) is 5.53. The minimum Gasteiger partial charge on any atom is -0.462 e. The van der Waals surface area contributed by atoms with Gasteiger partial charge in [-0.05, 0) is 30.3 Å². The highest BCUT2D eigenvalue weighted by Gasteiger charge is 2.58. The van der Waals surface area contributed by atoms with Crippen LogP contribution in [-0.4, -0.2) is 17.9 Å². The summed E-state index contributed by atoms with van der Waals surface area (Å²) in [5.41, 5.74) is 1.21. The van der Waals surface area contributed by atoms with Gasteiger partial charge in [-0.3, -0.25) is 9.59 Å². The van der Waals surface area contributed by atoms with E-state index in [-0.39, 0.29) is 35.1 Å². The van der Waals surface area contributed by atoms with Crippen molar-refractivity contribution in [1.29, 1.82) is 0 Å². The van der Waals surface area contributed by atoms with Crippen LogP contribution in [0.4, 0.5) is 0 Å². The molecule has 0 amide bonds. The van der Waals surface area contributed by atoms with Gasteiger partial charge in [0.1, 0.15) is 6.10 Å². The maximum absolute atomic E-state index is 11.8. The molecule has 1 saturated heterocycles. The van der Waals surface area contributed by atoms with Crippen molar-refractivity contribution in [3.05, 3.63) is 11.6 Å². The molecular formula is C15H20O3. The van der Waals surface area contributed by atoms with E-state index in [1.807, 2.05) is 13.0 Å². The fourth-order valence-corrected chi connectivity index (χ4v) is 4.36. The minimum absolute atomic E-state index is 0.0393. The number of carbonyl (C=O) groups is 2. The van der Waals surface area contributed by atoms with Crippen molar-refractivity contribution in [3.8, 4) is 0 Å². The van der Waals surface area contributed by atoms with Crippen molar-refractivity contribution < 1.29 is 14.3 Å². The van der Waals surface area contributed by atoms with E-state index in [2.05, 4.69) is 13.8 Å². The van der Waals surface area contributed by atoms with Crippen LogP contribution < -0.4 is 0 Å². The lowest BCUT2D eigenvalue weighted by Crippen LogP contribution is -2.48. The van der Waals surface area contributed by atoms with Gasteiger partial charge in [0.15, 0.2) is 5.78 Å². The van der Waals surface area contributed by atoms with E-state index in [1.54, 1.807) is 0 Å². The highest BCUT2D eigenvalue weighted by molar-refractivity contribution is 5.92. The SMILES string of the molecule is CC1C(=O)OC2CCC3=CC(=O)CC(C)C3(C)C21. The molecule has 18 heavy (non-hydrogen) atoms. The number of fused-ring (bicyclic) bond motifs is 3. The quantitative estimate of drug-likeness (QED) is 0.619. The predicted molar refractivity (Wildman–Crippen MR) is 66.7 cm³/mol. The van der Waals surface area contributed by atoms with Gasteiger partial charge in [-0.25, -0.2) is 0 Å². The number of hydrogen-bond acceptors (Lipinski definition) is 3. The number of carbonyl (C=O) groups excluding carboxylic acids is 2. The van der Waals surface area contributed by atoms with E-state index in [0.29, 0.717) is 12.3 Å². The summed E-state index contributed by atoms with van der Waals surface area (Å²) in [7, 11) is 0. The molecule has 0 aromatic rings. The molecule has 3 nitrogen and oxygen atoms in total. The van der Waals surface area contributed by atoms with E-state index in [0.717, 1.165) is 12.8 Å². The fraction of sp³-hybridized carbons (Fsp3) is 0.733. The van der Waals surface area contributed by atoms with Crippen LogP contribution in [0, 0.1) is 23.2 Å². The van der Waals surface area contributed by atoms with Crippen molar-refractivity contribution in [2.24, 2.45) is 23.2 Å². The van der Waals surface area contributed by atoms with Crippen molar-refractivity contribution in [3.63, 3.8) is 0 Å². The van der Waals surface area contributed by atoms with E-state index in [1.165, 1.54) is 5.57 Å². The highest BCUT2D eigenvalue weighted by atomic mass is 16.6. The van der Waals surface area contributed by atoms with E-state index < -0.39 is 0 Å². The Labute approximate surface area is 108 Å². The molecule has 2 aliphatic carbocycles. The Bertz CT molecular complexity index is 451. The number of ether oxygens (including phenoxy) is 1. The number of hydrogen-bond donors (Lipinski definition) is 0. The second-order valence-corrected chi connectivity index (χ2v) is 6.35. The van der Waals surface area contributed by atoms with Gasteiger partial charge in [0.2, 0.25) is 0 Å². The van der Waals surface area contributed by atoms with E-state index in [4.69, 9.17) is 4.74 Å². The van der Waals surface area contributed by atoms with Crippen molar-refractivity contribution >= 4 is 11.8 Å². The van der Waals surface area contributed by atoms with Crippen LogP contribution >= 0.6 is 0 Å². The molecule has 3 aliphatic rings. The summed E-state index contributed by atoms with van der Waals surface area (Å²) in [6.45, 7) is 6.35. The van der Waals surface area contributed by atoms with Gasteiger partial charge < -0.3 is 4.74 Å². The molecule has 0 aromatic carbocycles. The summed E-state index contributed by atoms with van der Waals surface area (Å²) in [4.78, 5) is 23.6. The summed E-state index contributed by atoms with van der Waals surface area (Å²) in [5, 5.41) is 0. The fourth-order valence-electron chi connectivity index (χ4n) is 4.36. The molecular weight excluding hydrogens is 228 g/mol. The number of ketones is 1. The lowest BCUT2D eigenvalue weighted by Gasteiger charge is -2.50. The first-order chi connectivity index (χ1) is 8.44. The lowest BCUT2D eigenvalue weighted by atomic mass is 9.53. The van der Waals surface area contributed by atoms with Gasteiger partial charge in [0, 0.05) is 12.3 Å². The van der Waals surface area contributed by atoms with E-state index >= 15 is 0 Å². The van der Waals surface area contributed by atoms with Crippen LogP contribution in [-0.2, 0) is 14.3 Å². The third-order valence-electron chi connectivity index (χ3n) is 5.53. The third kappa shape index (κ3) is 1.36. The molecule has 0 aromatic heterocycles. The first kappa shape index (κ1) is 11.9. The summed E-state index contributed by atoms with van der Waals surface area (Å²) >= 11 is 0. The molecule has 5 atom stereocenters. The zero-order chi connectivity index (χ0) is 13.1. The van der Waals surface area contributed by atoms with Crippen molar-refractivity contribution in [2.75, 3.05) is 0 Å². The van der Waals surface area contributed by atoms with Gasteiger partial charge in [-0.2, -0.15) is 0 Å². The molecule has 3 heteroatoms. The molecule has 1 saturated carbocycles. The van der Waals surface area contributed by atoms with Crippen LogP contribution in [0.3, 0.4) is 0 Å². The zero-order valence-electron chi connectivity index (χ0n) is 11.2. The van der Waals surface area contributed by atoms with Crippen LogP contribution in [0.1, 0.15) is 40.0 Å². The second-order valence-electron chi connectivity index (χ2n) is 6.35. The largest absolute Gasteiger partial charge is 0.462 e. The first-order valence-corrected chi connectivity index (χ1v) is 6.89. The Hall–Kier alpha value is -1.12. The van der Waals surface area contributed by atoms with Gasteiger partial charge >= 0.3 is 5.97 Å². The predicted octanol–water partition coefficient (Wildman–Crippen LogP) is 2.50. The molecule has 0 N–H and O–H groups in total. The Balaban J connectivity index is 2.08. The molecule has 0 bridgehead atoms. The normalized spacial score (nSPS) is 47.2. The summed E-state index contributed by atoms with van der Waals surface area (Å²) in [5.74, 6) is 0.685. The Kier molecular flexibility index (Phi) is 2.45. The highest BCUT2D eigenvalue weighted by Crippen LogP contribution is 2.58. The van der Waals surface area contributed by atoms with Crippen molar-refractivity contribution in [2.45, 2.75) is 46.1 Å². The number of esters is 1. The Morgan fingerprint density at radius 3 is 2.78 bits per heavy atom. The molecule has 5 unspecified atom stereocenters. The number of allylic oxidation sites excluding steroid dienone is 2. The van der Waals surface area contributed by atoms with Crippen LogP contribution in [0.2, 0.25) is 0 Å². The molecule has 0 spiro atoms. The van der Waals surface area contributed by atoms with E-state index in [9.17, 15) is 9.59 Å². The monoisotopic (exact) mass is 248 g/mol. The van der Waals surface area contributed by atoms with Crippen LogP contribution in [0.25, 0.3) is 0 Å². The molecule has 3 rings (SSSR count). The second kappa shape index (κ2) is 3.69. The first-order valence-electron chi connectivity index (χ1n) is 6.89. The smallest absolute Gasteiger partial charge is 0.309 e. The van der Waals surface area contributed by atoms with Crippen LogP contribution in [0.5, 0.6) is 0 Å². The molecule has 2 fully saturated rings. The molecule has 98 valence electrons. The van der Waals surface area contributed by atoms with Crippen LogP contribution in [0.15, 0.2) is 11.6 Å². The molecule has 1 aliphatic heterocycles. The average molecular weight is 248 g/mol. The standard InChI is InChI=1S/C15H20O3/c1-8-6-11(16)7-10-4-5-12-13(15(8,10)3)9(2)14(17)18-12/h7-9,12-13H,4-6H2,1-3H3. The van der Waals surface area contributed by atoms with Crippen molar-refractivity contribution in [1.82, 2.24) is 0 Å². The Morgan fingerprint density at radius 1 is 1.33 bits per heavy atom. The molecule has 0 radical (unpaired) electrons. The Morgan fingerprint density at radius 2 is 2.06 bits per heavy atom. The lowest BCUT2D eigenvalue weighted by molar-refractivity contribution is -0.144. The molecule has 1 heterocycles. The maximum atomic E-state index is 11.8. The zero-order valence-corrected chi connectivity index (χ0v) is 11.2. The average Bonchev–Trinajstić information content (AvgIpc) is 2.58. The maximum Gasteiger partial charge on any atom is 0.309 e. The minimum atomic E-state index is -0.0587. The number of rotatable bonds is 0. The summed E-state index contributed by atoms with van der Waals surface area (Å²) < 4.78 is 5.52.